The van der Waals surface area contributed by atoms with Gasteiger partial charge < -0.3 is 10.0 Å². The lowest BCUT2D eigenvalue weighted by Crippen LogP contribution is -2.42. The SMILES string of the molecule is O=C1c2cccc3c(N4CCCC4)ccc(c23)C(=O)N1CCO. The van der Waals surface area contributed by atoms with E-state index in [0.717, 1.165) is 34.4 Å². The van der Waals surface area contributed by atoms with Crippen LogP contribution in [-0.2, 0) is 0 Å². The van der Waals surface area contributed by atoms with Crippen molar-refractivity contribution in [2.24, 2.45) is 0 Å². The van der Waals surface area contributed by atoms with Gasteiger partial charge in [0, 0.05) is 40.7 Å². The maximum absolute atomic E-state index is 12.6. The molecule has 4 rings (SSSR count). The van der Waals surface area contributed by atoms with Gasteiger partial charge in [0.25, 0.3) is 11.8 Å². The van der Waals surface area contributed by atoms with Gasteiger partial charge in [-0.25, -0.2) is 0 Å². The van der Waals surface area contributed by atoms with E-state index < -0.39 is 0 Å². The fourth-order valence-corrected chi connectivity index (χ4v) is 3.67. The fourth-order valence-electron chi connectivity index (χ4n) is 3.67. The molecule has 0 saturated carbocycles. The molecule has 2 heterocycles. The monoisotopic (exact) mass is 310 g/mol. The highest BCUT2D eigenvalue weighted by Gasteiger charge is 2.33. The Balaban J connectivity index is 1.94. The summed E-state index contributed by atoms with van der Waals surface area (Å²) in [5, 5.41) is 10.8. The largest absolute Gasteiger partial charge is 0.395 e. The number of aliphatic hydroxyl groups excluding tert-OH is 1. The summed E-state index contributed by atoms with van der Waals surface area (Å²) in [5.74, 6) is -0.638. The number of carbonyl (C=O) groups excluding carboxylic acids is 2. The summed E-state index contributed by atoms with van der Waals surface area (Å²) in [6, 6.07) is 9.42. The first-order valence-corrected chi connectivity index (χ1v) is 8.00. The van der Waals surface area contributed by atoms with Crippen molar-refractivity contribution < 1.29 is 14.7 Å². The van der Waals surface area contributed by atoms with Crippen LogP contribution in [0.2, 0.25) is 0 Å². The first kappa shape index (κ1) is 14.2. The number of amides is 2. The Bertz CT molecular complexity index is 787. The second-order valence-electron chi connectivity index (χ2n) is 6.04. The van der Waals surface area contributed by atoms with Crippen LogP contribution in [-0.4, -0.2) is 48.1 Å². The maximum atomic E-state index is 12.6. The van der Waals surface area contributed by atoms with Gasteiger partial charge in [-0.2, -0.15) is 0 Å². The molecular formula is C18H18N2O3. The summed E-state index contributed by atoms with van der Waals surface area (Å²) >= 11 is 0. The van der Waals surface area contributed by atoms with Gasteiger partial charge in [0.2, 0.25) is 0 Å². The van der Waals surface area contributed by atoms with Crippen molar-refractivity contribution in [1.29, 1.82) is 0 Å². The molecule has 118 valence electrons. The van der Waals surface area contributed by atoms with Crippen molar-refractivity contribution in [3.8, 4) is 0 Å². The van der Waals surface area contributed by atoms with Crippen molar-refractivity contribution in [1.82, 2.24) is 4.90 Å². The Morgan fingerprint density at radius 1 is 0.957 bits per heavy atom. The number of rotatable bonds is 3. The molecule has 5 nitrogen and oxygen atoms in total. The molecule has 0 atom stereocenters. The average molecular weight is 310 g/mol. The van der Waals surface area contributed by atoms with E-state index in [1.165, 1.54) is 12.8 Å². The van der Waals surface area contributed by atoms with Crippen LogP contribution in [0, 0.1) is 0 Å². The van der Waals surface area contributed by atoms with Gasteiger partial charge in [-0.3, -0.25) is 14.5 Å². The maximum Gasteiger partial charge on any atom is 0.261 e. The Morgan fingerprint density at radius 2 is 1.65 bits per heavy atom. The van der Waals surface area contributed by atoms with E-state index in [2.05, 4.69) is 4.90 Å². The average Bonchev–Trinajstić information content (AvgIpc) is 3.10. The summed E-state index contributed by atoms with van der Waals surface area (Å²) in [4.78, 5) is 28.7. The van der Waals surface area contributed by atoms with Gasteiger partial charge in [-0.15, -0.1) is 0 Å². The molecule has 23 heavy (non-hydrogen) atoms. The van der Waals surface area contributed by atoms with Crippen LogP contribution in [0.3, 0.4) is 0 Å². The minimum atomic E-state index is -0.319. The third-order valence-electron chi connectivity index (χ3n) is 4.74. The van der Waals surface area contributed by atoms with E-state index in [0.29, 0.717) is 11.1 Å². The summed E-state index contributed by atoms with van der Waals surface area (Å²) < 4.78 is 0. The smallest absolute Gasteiger partial charge is 0.261 e. The lowest BCUT2D eigenvalue weighted by atomic mass is 9.92. The Hall–Kier alpha value is -2.40. The molecule has 2 aliphatic rings. The van der Waals surface area contributed by atoms with Gasteiger partial charge in [-0.05, 0) is 31.0 Å². The number of aliphatic hydroxyl groups is 1. The van der Waals surface area contributed by atoms with E-state index in [4.69, 9.17) is 5.11 Å². The zero-order valence-corrected chi connectivity index (χ0v) is 12.8. The fraction of sp³-hybridized carbons (Fsp3) is 0.333. The molecule has 5 heteroatoms. The Labute approximate surface area is 134 Å². The molecule has 0 aliphatic carbocycles. The number of nitrogens with zero attached hydrogens (tertiary/aromatic N) is 2. The Kier molecular flexibility index (Phi) is 3.31. The number of imide groups is 1. The molecule has 0 bridgehead atoms. The van der Waals surface area contributed by atoms with Crippen LogP contribution in [0.5, 0.6) is 0 Å². The number of benzene rings is 2. The molecule has 0 spiro atoms. The molecule has 1 fully saturated rings. The normalized spacial score (nSPS) is 17.4. The third-order valence-corrected chi connectivity index (χ3v) is 4.74. The van der Waals surface area contributed by atoms with E-state index >= 15 is 0 Å². The van der Waals surface area contributed by atoms with Gasteiger partial charge in [0.15, 0.2) is 0 Å². The van der Waals surface area contributed by atoms with Gasteiger partial charge >= 0.3 is 0 Å². The molecule has 2 aromatic rings. The molecule has 0 aromatic heterocycles. The van der Waals surface area contributed by atoms with Crippen LogP contribution in [0.1, 0.15) is 33.6 Å². The first-order valence-electron chi connectivity index (χ1n) is 8.00. The standard InChI is InChI=1S/C18H18N2O3/c21-11-10-20-17(22)13-5-3-4-12-15(19-8-1-2-9-19)7-6-14(16(12)13)18(20)23/h3-7,21H,1-2,8-11H2. The minimum absolute atomic E-state index is 0.0291. The third kappa shape index (κ3) is 2.04. The lowest BCUT2D eigenvalue weighted by molar-refractivity contribution is 0.0580. The Morgan fingerprint density at radius 3 is 2.35 bits per heavy atom. The number of hydrogen-bond acceptors (Lipinski definition) is 4. The number of hydrogen-bond donors (Lipinski definition) is 1. The number of anilines is 1. The predicted octanol–water partition coefficient (Wildman–Crippen LogP) is 2.03. The van der Waals surface area contributed by atoms with Crippen molar-refractivity contribution >= 4 is 28.3 Å². The van der Waals surface area contributed by atoms with E-state index in [1.54, 1.807) is 6.07 Å². The molecule has 2 aliphatic heterocycles. The van der Waals surface area contributed by atoms with Crippen LogP contribution in [0.25, 0.3) is 10.8 Å². The van der Waals surface area contributed by atoms with Gasteiger partial charge in [0.1, 0.15) is 0 Å². The van der Waals surface area contributed by atoms with Crippen LogP contribution >= 0.6 is 0 Å². The van der Waals surface area contributed by atoms with Crippen LogP contribution < -0.4 is 4.90 Å². The van der Waals surface area contributed by atoms with Crippen molar-refractivity contribution in [3.05, 3.63) is 41.5 Å². The summed E-state index contributed by atoms with van der Waals surface area (Å²) in [7, 11) is 0. The van der Waals surface area contributed by atoms with Crippen LogP contribution in [0.15, 0.2) is 30.3 Å². The molecule has 2 aromatic carbocycles. The van der Waals surface area contributed by atoms with E-state index in [9.17, 15) is 9.59 Å². The van der Waals surface area contributed by atoms with E-state index in [1.807, 2.05) is 24.3 Å². The minimum Gasteiger partial charge on any atom is -0.395 e. The van der Waals surface area contributed by atoms with Crippen molar-refractivity contribution in [2.45, 2.75) is 12.8 Å². The zero-order chi connectivity index (χ0) is 16.0. The predicted molar refractivity (Wildman–Crippen MR) is 87.8 cm³/mol. The second kappa shape index (κ2) is 5.35. The molecule has 0 unspecified atom stereocenters. The highest BCUT2D eigenvalue weighted by atomic mass is 16.3. The topological polar surface area (TPSA) is 60.9 Å². The first-order chi connectivity index (χ1) is 11.2. The number of β-amino-alcohol motifs (C(OH)–C–C–N with tert-alkyl or cyclic N) is 1. The molecule has 0 radical (unpaired) electrons. The van der Waals surface area contributed by atoms with Crippen LogP contribution in [0.4, 0.5) is 5.69 Å². The lowest BCUT2D eigenvalue weighted by Gasteiger charge is -2.28. The highest BCUT2D eigenvalue weighted by molar-refractivity contribution is 6.26. The van der Waals surface area contributed by atoms with E-state index in [-0.39, 0.29) is 25.0 Å². The van der Waals surface area contributed by atoms with Gasteiger partial charge in [0.05, 0.1) is 13.2 Å². The van der Waals surface area contributed by atoms with Crippen molar-refractivity contribution in [3.63, 3.8) is 0 Å². The highest BCUT2D eigenvalue weighted by Crippen LogP contribution is 2.36. The molecule has 1 saturated heterocycles. The van der Waals surface area contributed by atoms with Gasteiger partial charge in [-0.1, -0.05) is 12.1 Å². The molecule has 1 N–H and O–H groups in total. The zero-order valence-electron chi connectivity index (χ0n) is 12.8. The second-order valence-corrected chi connectivity index (χ2v) is 6.04. The summed E-state index contributed by atoms with van der Waals surface area (Å²) in [6.07, 6.45) is 2.34. The summed E-state index contributed by atoms with van der Waals surface area (Å²) in [5.41, 5.74) is 2.19. The quantitative estimate of drug-likeness (QED) is 0.881. The number of carbonyl (C=O) groups is 2. The molecule has 2 amide bonds. The van der Waals surface area contributed by atoms with Crippen molar-refractivity contribution in [2.75, 3.05) is 31.1 Å². The molecular weight excluding hydrogens is 292 g/mol. The summed E-state index contributed by atoms with van der Waals surface area (Å²) in [6.45, 7) is 1.82.